The molecule has 7 heteroatoms. The van der Waals surface area contributed by atoms with Crippen molar-refractivity contribution in [3.63, 3.8) is 0 Å². The molecule has 5 aromatic carbocycles. The smallest absolute Gasteiger partial charge is 0.248 e. The molecule has 0 aliphatic heterocycles. The molecule has 0 heterocycles. The summed E-state index contributed by atoms with van der Waals surface area (Å²) in [6.45, 7) is 2.76. The Hall–Kier alpha value is -5.11. The van der Waals surface area contributed by atoms with Crippen LogP contribution in [0.5, 0.6) is 17.2 Å². The first-order chi connectivity index (χ1) is 22.0. The van der Waals surface area contributed by atoms with E-state index in [2.05, 4.69) is 17.0 Å². The molecule has 5 aromatic rings. The summed E-state index contributed by atoms with van der Waals surface area (Å²) >= 11 is 0. The number of ether oxygens (including phenoxy) is 3. The zero-order valence-corrected chi connectivity index (χ0v) is 25.1. The van der Waals surface area contributed by atoms with Crippen molar-refractivity contribution in [2.45, 2.75) is 25.9 Å². The summed E-state index contributed by atoms with van der Waals surface area (Å²) in [6.07, 6.45) is -0.786. The lowest BCUT2D eigenvalue weighted by molar-refractivity contribution is 0.0982. The fourth-order valence-electron chi connectivity index (χ4n) is 4.87. The Morgan fingerprint density at radius 2 is 1.22 bits per heavy atom. The molecule has 3 N–H and O–H groups in total. The highest BCUT2D eigenvalue weighted by Gasteiger charge is 2.18. The van der Waals surface area contributed by atoms with Gasteiger partial charge in [-0.1, -0.05) is 97.1 Å². The van der Waals surface area contributed by atoms with Gasteiger partial charge in [0.1, 0.15) is 25.6 Å². The molecule has 0 aromatic heterocycles. The molecule has 0 radical (unpaired) electrons. The monoisotopic (exact) mass is 602 g/mol. The zero-order valence-electron chi connectivity index (χ0n) is 25.1. The highest BCUT2D eigenvalue weighted by molar-refractivity contribution is 5.92. The Morgan fingerprint density at radius 1 is 0.667 bits per heavy atom. The molecule has 0 aliphatic rings. The molecule has 0 saturated heterocycles. The summed E-state index contributed by atoms with van der Waals surface area (Å²) in [5.41, 5.74) is 9.73. The van der Waals surface area contributed by atoms with Crippen LogP contribution in [0, 0.1) is 0 Å². The molecule has 0 spiro atoms. The van der Waals surface area contributed by atoms with Crippen molar-refractivity contribution in [3.8, 4) is 17.2 Å². The van der Waals surface area contributed by atoms with E-state index >= 15 is 0 Å². The largest absolute Gasteiger partial charge is 0.492 e. The molecule has 0 bridgehead atoms. The van der Waals surface area contributed by atoms with Gasteiger partial charge in [-0.05, 0) is 58.7 Å². The molecule has 1 atom stereocenters. The third-order valence-electron chi connectivity index (χ3n) is 7.32. The van der Waals surface area contributed by atoms with Gasteiger partial charge < -0.3 is 25.1 Å². The van der Waals surface area contributed by atoms with E-state index in [1.54, 1.807) is 24.3 Å². The van der Waals surface area contributed by atoms with Gasteiger partial charge in [-0.3, -0.25) is 9.69 Å². The maximum atomic E-state index is 11.5. The molecular formula is C38H38N2O5. The Morgan fingerprint density at radius 3 is 1.80 bits per heavy atom. The number of carbonyl (C=O) groups is 1. The second-order valence-electron chi connectivity index (χ2n) is 10.7. The van der Waals surface area contributed by atoms with Crippen LogP contribution in [0.25, 0.3) is 0 Å². The van der Waals surface area contributed by atoms with E-state index in [1.807, 2.05) is 97.1 Å². The van der Waals surface area contributed by atoms with Crippen LogP contribution in [0.4, 0.5) is 0 Å². The topological polar surface area (TPSA) is 94.3 Å². The molecule has 1 amide bonds. The van der Waals surface area contributed by atoms with Crippen LogP contribution in [-0.2, 0) is 19.8 Å². The summed E-state index contributed by atoms with van der Waals surface area (Å²) < 4.78 is 18.4. The van der Waals surface area contributed by atoms with Crippen molar-refractivity contribution >= 4 is 5.91 Å². The van der Waals surface area contributed by atoms with Gasteiger partial charge in [-0.25, -0.2) is 0 Å². The maximum absolute atomic E-state index is 11.5. The lowest BCUT2D eigenvalue weighted by Crippen LogP contribution is -2.32. The van der Waals surface area contributed by atoms with Crippen molar-refractivity contribution in [2.75, 3.05) is 19.7 Å². The van der Waals surface area contributed by atoms with E-state index < -0.39 is 12.0 Å². The normalized spacial score (nSPS) is 11.6. The third kappa shape index (κ3) is 9.69. The van der Waals surface area contributed by atoms with Crippen LogP contribution in [-0.4, -0.2) is 35.6 Å². The van der Waals surface area contributed by atoms with Crippen molar-refractivity contribution in [3.05, 3.63) is 161 Å². The van der Waals surface area contributed by atoms with Gasteiger partial charge in [-0.15, -0.1) is 0 Å². The second-order valence-corrected chi connectivity index (χ2v) is 10.7. The first-order valence-electron chi connectivity index (χ1n) is 15.0. The molecule has 7 nitrogen and oxygen atoms in total. The van der Waals surface area contributed by atoms with E-state index in [1.165, 1.54) is 0 Å². The van der Waals surface area contributed by atoms with Crippen molar-refractivity contribution in [1.29, 1.82) is 0 Å². The number of hydrogen-bond donors (Lipinski definition) is 2. The van der Waals surface area contributed by atoms with Gasteiger partial charge in [-0.2, -0.15) is 0 Å². The molecular weight excluding hydrogens is 564 g/mol. The molecule has 0 fully saturated rings. The maximum Gasteiger partial charge on any atom is 0.248 e. The van der Waals surface area contributed by atoms with Crippen LogP contribution in [0.15, 0.2) is 133 Å². The van der Waals surface area contributed by atoms with Gasteiger partial charge in [0.2, 0.25) is 5.91 Å². The minimum Gasteiger partial charge on any atom is -0.492 e. The van der Waals surface area contributed by atoms with Crippen LogP contribution >= 0.6 is 0 Å². The first kappa shape index (κ1) is 31.3. The standard InChI is InChI=1S/C38H38N2O5/c39-38(42)32-16-19-34(20-17-32)43-23-22-40(25-29-10-4-1-5-11-29)26-35(41)33-18-21-36(44-27-30-12-6-2-7-13-30)37(24-33)45-28-31-14-8-3-9-15-31/h1-21,24,35,41H,22-23,25-28H2,(H2,39,42). The number of rotatable bonds is 16. The van der Waals surface area contributed by atoms with E-state index in [0.717, 1.165) is 22.3 Å². The molecule has 0 aliphatic carbocycles. The molecule has 230 valence electrons. The van der Waals surface area contributed by atoms with Crippen molar-refractivity contribution in [1.82, 2.24) is 4.90 Å². The number of amides is 1. The van der Waals surface area contributed by atoms with Gasteiger partial charge in [0.15, 0.2) is 11.5 Å². The lowest BCUT2D eigenvalue weighted by atomic mass is 10.1. The quantitative estimate of drug-likeness (QED) is 0.133. The number of hydrogen-bond acceptors (Lipinski definition) is 6. The average molecular weight is 603 g/mol. The summed E-state index contributed by atoms with van der Waals surface area (Å²) in [6, 6.07) is 42.4. The number of aliphatic hydroxyl groups is 1. The Bertz CT molecular complexity index is 1610. The predicted molar refractivity (Wildman–Crippen MR) is 175 cm³/mol. The van der Waals surface area contributed by atoms with E-state index in [0.29, 0.717) is 62.3 Å². The highest BCUT2D eigenvalue weighted by atomic mass is 16.5. The molecule has 1 unspecified atom stereocenters. The lowest BCUT2D eigenvalue weighted by Gasteiger charge is -2.26. The van der Waals surface area contributed by atoms with Crippen LogP contribution in [0.3, 0.4) is 0 Å². The summed E-state index contributed by atoms with van der Waals surface area (Å²) in [4.78, 5) is 13.5. The number of nitrogens with zero attached hydrogens (tertiary/aromatic N) is 1. The Kier molecular flexibility index (Phi) is 11.2. The van der Waals surface area contributed by atoms with Gasteiger partial charge in [0.25, 0.3) is 0 Å². The Labute approximate surface area is 264 Å². The van der Waals surface area contributed by atoms with Crippen LogP contribution in [0.2, 0.25) is 0 Å². The minimum absolute atomic E-state index is 0.375. The fraction of sp³-hybridized carbons (Fsp3) is 0.184. The van der Waals surface area contributed by atoms with Crippen molar-refractivity contribution in [2.24, 2.45) is 5.73 Å². The summed E-state index contributed by atoms with van der Waals surface area (Å²) in [5, 5.41) is 11.5. The van der Waals surface area contributed by atoms with E-state index in [-0.39, 0.29) is 0 Å². The summed E-state index contributed by atoms with van der Waals surface area (Å²) in [7, 11) is 0. The predicted octanol–water partition coefficient (Wildman–Crippen LogP) is 6.56. The second kappa shape index (κ2) is 16.1. The summed E-state index contributed by atoms with van der Waals surface area (Å²) in [5.74, 6) is 1.35. The molecule has 45 heavy (non-hydrogen) atoms. The number of benzene rings is 5. The minimum atomic E-state index is -0.786. The molecule has 5 rings (SSSR count). The van der Waals surface area contributed by atoms with Crippen molar-refractivity contribution < 1.29 is 24.1 Å². The first-order valence-corrected chi connectivity index (χ1v) is 15.0. The number of carbonyl (C=O) groups excluding carboxylic acids is 1. The van der Waals surface area contributed by atoms with Gasteiger partial charge >= 0.3 is 0 Å². The van der Waals surface area contributed by atoms with E-state index in [9.17, 15) is 9.90 Å². The average Bonchev–Trinajstić information content (AvgIpc) is 3.08. The van der Waals surface area contributed by atoms with Crippen LogP contribution < -0.4 is 19.9 Å². The fourth-order valence-corrected chi connectivity index (χ4v) is 4.87. The van der Waals surface area contributed by atoms with Gasteiger partial charge in [0, 0.05) is 25.2 Å². The number of aliphatic hydroxyl groups excluding tert-OH is 1. The van der Waals surface area contributed by atoms with Crippen LogP contribution in [0.1, 0.15) is 38.7 Å². The molecule has 0 saturated carbocycles. The highest BCUT2D eigenvalue weighted by Crippen LogP contribution is 2.32. The SMILES string of the molecule is NC(=O)c1ccc(OCCN(Cc2ccccc2)CC(O)c2ccc(OCc3ccccc3)c(OCc3ccccc3)c2)cc1. The third-order valence-corrected chi connectivity index (χ3v) is 7.32. The van der Waals surface area contributed by atoms with E-state index in [4.69, 9.17) is 19.9 Å². The zero-order chi connectivity index (χ0) is 31.3. The number of primary amides is 1. The Balaban J connectivity index is 1.29. The van der Waals surface area contributed by atoms with Gasteiger partial charge in [0.05, 0.1) is 6.10 Å². The number of nitrogens with two attached hydrogens (primary N) is 1.